The minimum Gasteiger partial charge on any atom is -0.454 e. The molecule has 1 saturated heterocycles. The van der Waals surface area contributed by atoms with E-state index in [1.807, 2.05) is 0 Å². The molecule has 2 rings (SSSR count). The summed E-state index contributed by atoms with van der Waals surface area (Å²) in [5.41, 5.74) is 0.508. The molecule has 0 aromatic heterocycles. The first-order chi connectivity index (χ1) is 10.6. The van der Waals surface area contributed by atoms with Crippen molar-refractivity contribution in [3.05, 3.63) is 35.6 Å². The fourth-order valence-corrected chi connectivity index (χ4v) is 2.12. The maximum Gasteiger partial charge on any atom is 0.329 e. The van der Waals surface area contributed by atoms with Gasteiger partial charge < -0.3 is 15.4 Å². The van der Waals surface area contributed by atoms with Gasteiger partial charge in [-0.25, -0.2) is 9.18 Å². The highest BCUT2D eigenvalue weighted by atomic mass is 19.1. The molecule has 1 heterocycles. The van der Waals surface area contributed by atoms with Gasteiger partial charge in [-0.2, -0.15) is 0 Å². The Morgan fingerprint density at radius 1 is 1.36 bits per heavy atom. The van der Waals surface area contributed by atoms with Gasteiger partial charge in [-0.3, -0.25) is 9.59 Å². The predicted molar refractivity (Wildman–Crippen MR) is 75.2 cm³/mol. The summed E-state index contributed by atoms with van der Waals surface area (Å²) in [7, 11) is 0. The summed E-state index contributed by atoms with van der Waals surface area (Å²) in [5, 5.41) is 5.00. The maximum atomic E-state index is 13.4. The zero-order chi connectivity index (χ0) is 15.9. The van der Waals surface area contributed by atoms with Crippen molar-refractivity contribution in [2.24, 2.45) is 0 Å². The molecule has 0 aliphatic carbocycles. The van der Waals surface area contributed by atoms with Crippen LogP contribution < -0.4 is 10.6 Å². The number of carbonyl (C=O) groups is 3. The number of ether oxygens (including phenoxy) is 1. The molecule has 0 saturated carbocycles. The standard InChI is InChI=1S/C15H17FN2O4/c16-11-4-2-1-3-10(11)7-8-17-14(20)9-22-15(21)12-5-6-13(19)18-12/h1-4,12H,5-9H2,(H,17,20)(H,18,19)/t12-/m0/s1. The second kappa shape index (κ2) is 7.53. The van der Waals surface area contributed by atoms with Crippen LogP contribution in [0, 0.1) is 5.82 Å². The monoisotopic (exact) mass is 308 g/mol. The Morgan fingerprint density at radius 2 is 2.14 bits per heavy atom. The van der Waals surface area contributed by atoms with Gasteiger partial charge in [-0.05, 0) is 24.5 Å². The Morgan fingerprint density at radius 3 is 2.82 bits per heavy atom. The van der Waals surface area contributed by atoms with Crippen molar-refractivity contribution in [1.29, 1.82) is 0 Å². The molecule has 1 aliphatic heterocycles. The average Bonchev–Trinajstić information content (AvgIpc) is 2.93. The van der Waals surface area contributed by atoms with E-state index in [0.29, 0.717) is 18.4 Å². The number of rotatable bonds is 6. The van der Waals surface area contributed by atoms with Gasteiger partial charge >= 0.3 is 5.97 Å². The van der Waals surface area contributed by atoms with Crippen LogP contribution in [0.3, 0.4) is 0 Å². The van der Waals surface area contributed by atoms with Gasteiger partial charge in [0.15, 0.2) is 6.61 Å². The molecule has 1 aliphatic rings. The highest BCUT2D eigenvalue weighted by Gasteiger charge is 2.28. The first-order valence-electron chi connectivity index (χ1n) is 7.02. The van der Waals surface area contributed by atoms with E-state index >= 15 is 0 Å². The van der Waals surface area contributed by atoms with Gasteiger partial charge in [0.05, 0.1) is 0 Å². The predicted octanol–water partition coefficient (Wildman–Crippen LogP) is 0.306. The number of benzene rings is 1. The van der Waals surface area contributed by atoms with Gasteiger partial charge in [-0.15, -0.1) is 0 Å². The van der Waals surface area contributed by atoms with Crippen LogP contribution in [0.25, 0.3) is 0 Å². The van der Waals surface area contributed by atoms with Crippen LogP contribution in [-0.4, -0.2) is 37.0 Å². The summed E-state index contributed by atoms with van der Waals surface area (Å²) in [6.45, 7) is -0.167. The lowest BCUT2D eigenvalue weighted by Gasteiger charge is -2.10. The van der Waals surface area contributed by atoms with E-state index in [1.54, 1.807) is 18.2 Å². The fraction of sp³-hybridized carbons (Fsp3) is 0.400. The molecule has 0 spiro atoms. The Hall–Kier alpha value is -2.44. The van der Waals surface area contributed by atoms with Crippen LogP contribution in [0.5, 0.6) is 0 Å². The van der Waals surface area contributed by atoms with E-state index in [4.69, 9.17) is 4.74 Å². The topological polar surface area (TPSA) is 84.5 Å². The minimum atomic E-state index is -0.668. The molecule has 1 fully saturated rings. The molecule has 6 nitrogen and oxygen atoms in total. The first-order valence-corrected chi connectivity index (χ1v) is 7.02. The van der Waals surface area contributed by atoms with E-state index in [2.05, 4.69) is 10.6 Å². The summed E-state index contributed by atoms with van der Waals surface area (Å²) in [5.74, 6) is -1.60. The number of amides is 2. The molecule has 118 valence electrons. The third-order valence-corrected chi connectivity index (χ3v) is 3.30. The van der Waals surface area contributed by atoms with E-state index in [9.17, 15) is 18.8 Å². The lowest BCUT2D eigenvalue weighted by atomic mass is 10.1. The maximum absolute atomic E-state index is 13.4. The van der Waals surface area contributed by atoms with E-state index in [1.165, 1.54) is 6.07 Å². The van der Waals surface area contributed by atoms with Crippen LogP contribution in [0.2, 0.25) is 0 Å². The normalized spacial score (nSPS) is 17.0. The van der Waals surface area contributed by atoms with Crippen molar-refractivity contribution in [3.8, 4) is 0 Å². The molecule has 1 aromatic rings. The van der Waals surface area contributed by atoms with Gasteiger partial charge in [0.25, 0.3) is 5.91 Å². The number of esters is 1. The Bertz CT molecular complexity index is 576. The smallest absolute Gasteiger partial charge is 0.329 e. The van der Waals surface area contributed by atoms with E-state index < -0.39 is 24.5 Å². The van der Waals surface area contributed by atoms with Crippen LogP contribution in [0.4, 0.5) is 4.39 Å². The molecule has 2 amide bonds. The summed E-state index contributed by atoms with van der Waals surface area (Å²) >= 11 is 0. The fourth-order valence-electron chi connectivity index (χ4n) is 2.12. The molecular formula is C15H17FN2O4. The van der Waals surface area contributed by atoms with E-state index in [0.717, 1.165) is 0 Å². The molecule has 7 heteroatoms. The summed E-state index contributed by atoms with van der Waals surface area (Å²) in [6.07, 6.45) is 1.02. The molecule has 1 aromatic carbocycles. The van der Waals surface area contributed by atoms with Crippen molar-refractivity contribution in [2.75, 3.05) is 13.2 Å². The first kappa shape index (κ1) is 15.9. The molecule has 22 heavy (non-hydrogen) atoms. The Labute approximate surface area is 127 Å². The Kier molecular flexibility index (Phi) is 5.46. The van der Waals surface area contributed by atoms with Gasteiger partial charge in [-0.1, -0.05) is 18.2 Å². The highest BCUT2D eigenvalue weighted by molar-refractivity contribution is 5.89. The summed E-state index contributed by atoms with van der Waals surface area (Å²) < 4.78 is 18.2. The quantitative estimate of drug-likeness (QED) is 0.741. The van der Waals surface area contributed by atoms with Crippen molar-refractivity contribution < 1.29 is 23.5 Å². The number of hydrogen-bond donors (Lipinski definition) is 2. The van der Waals surface area contributed by atoms with Crippen molar-refractivity contribution >= 4 is 17.8 Å². The van der Waals surface area contributed by atoms with Gasteiger partial charge in [0, 0.05) is 13.0 Å². The van der Waals surface area contributed by atoms with Gasteiger partial charge in [0.2, 0.25) is 5.91 Å². The molecule has 1 atom stereocenters. The number of halogens is 1. The Balaban J connectivity index is 1.65. The average molecular weight is 308 g/mol. The molecular weight excluding hydrogens is 291 g/mol. The van der Waals surface area contributed by atoms with Crippen LogP contribution in [0.15, 0.2) is 24.3 Å². The molecule has 2 N–H and O–H groups in total. The van der Waals surface area contributed by atoms with Crippen molar-refractivity contribution in [1.82, 2.24) is 10.6 Å². The largest absolute Gasteiger partial charge is 0.454 e. The van der Waals surface area contributed by atoms with Crippen LogP contribution in [0.1, 0.15) is 18.4 Å². The van der Waals surface area contributed by atoms with Crippen molar-refractivity contribution in [2.45, 2.75) is 25.3 Å². The molecule has 0 bridgehead atoms. The SMILES string of the molecule is O=C(COC(=O)[C@@H]1CCC(=O)N1)NCCc1ccccc1F. The lowest BCUT2D eigenvalue weighted by molar-refractivity contribution is -0.150. The van der Waals surface area contributed by atoms with Gasteiger partial charge in [0.1, 0.15) is 11.9 Å². The van der Waals surface area contributed by atoms with E-state index in [-0.39, 0.29) is 24.7 Å². The molecule has 0 unspecified atom stereocenters. The second-order valence-electron chi connectivity index (χ2n) is 4.96. The van der Waals surface area contributed by atoms with Crippen LogP contribution >= 0.6 is 0 Å². The number of nitrogens with one attached hydrogen (secondary N) is 2. The summed E-state index contributed by atoms with van der Waals surface area (Å²) in [4.78, 5) is 34.1. The third-order valence-electron chi connectivity index (χ3n) is 3.30. The number of hydrogen-bond acceptors (Lipinski definition) is 4. The third kappa shape index (κ3) is 4.54. The van der Waals surface area contributed by atoms with Crippen LogP contribution in [-0.2, 0) is 25.5 Å². The lowest BCUT2D eigenvalue weighted by Crippen LogP contribution is -2.37. The summed E-state index contributed by atoms with van der Waals surface area (Å²) in [6, 6.07) is 5.65. The zero-order valence-corrected chi connectivity index (χ0v) is 11.9. The second-order valence-corrected chi connectivity index (χ2v) is 4.96. The number of carbonyl (C=O) groups excluding carboxylic acids is 3. The molecule has 0 radical (unpaired) electrons. The zero-order valence-electron chi connectivity index (χ0n) is 11.9. The van der Waals surface area contributed by atoms with Crippen molar-refractivity contribution in [3.63, 3.8) is 0 Å². The highest BCUT2D eigenvalue weighted by Crippen LogP contribution is 2.08. The minimum absolute atomic E-state index is 0.198.